The highest BCUT2D eigenvalue weighted by Crippen LogP contribution is 2.25. The van der Waals surface area contributed by atoms with Crippen molar-refractivity contribution < 1.29 is 9.50 Å². The average molecular weight is 315 g/mol. The van der Waals surface area contributed by atoms with E-state index in [1.807, 2.05) is 6.07 Å². The number of benzene rings is 1. The summed E-state index contributed by atoms with van der Waals surface area (Å²) in [6.45, 7) is 0.929. The average Bonchev–Trinajstić information content (AvgIpc) is 3.23. The number of aliphatic hydroxyl groups is 1. The van der Waals surface area contributed by atoms with E-state index in [2.05, 4.69) is 15.4 Å². The zero-order chi connectivity index (χ0) is 16.1. The molecule has 6 nitrogen and oxygen atoms in total. The topological polar surface area (TPSA) is 68.8 Å². The van der Waals surface area contributed by atoms with Crippen molar-refractivity contribution in [3.8, 4) is 16.9 Å². The molecule has 0 aliphatic carbocycles. The van der Waals surface area contributed by atoms with E-state index in [0.29, 0.717) is 11.3 Å². The fraction of sp³-hybridized carbons (Fsp3) is 0.312. The molecule has 0 aliphatic rings. The van der Waals surface area contributed by atoms with Crippen molar-refractivity contribution in [2.75, 3.05) is 6.61 Å². The third-order valence-corrected chi connectivity index (χ3v) is 3.57. The van der Waals surface area contributed by atoms with Gasteiger partial charge >= 0.3 is 0 Å². The van der Waals surface area contributed by atoms with Gasteiger partial charge in [-0.2, -0.15) is 5.10 Å². The van der Waals surface area contributed by atoms with Crippen LogP contribution in [-0.2, 0) is 6.54 Å². The summed E-state index contributed by atoms with van der Waals surface area (Å²) in [6, 6.07) is 6.33. The Morgan fingerprint density at radius 1 is 1.17 bits per heavy atom. The second-order valence-electron chi connectivity index (χ2n) is 5.26. The number of rotatable bonds is 7. The molecule has 0 spiro atoms. The number of halogens is 1. The Kier molecular flexibility index (Phi) is 4.77. The van der Waals surface area contributed by atoms with E-state index in [1.54, 1.807) is 34.0 Å². The maximum atomic E-state index is 13.7. The molecule has 0 atom stereocenters. The van der Waals surface area contributed by atoms with Crippen molar-refractivity contribution in [2.45, 2.75) is 25.8 Å². The third kappa shape index (κ3) is 3.62. The molecular weight excluding hydrogens is 297 g/mol. The van der Waals surface area contributed by atoms with Crippen molar-refractivity contribution in [3.63, 3.8) is 0 Å². The van der Waals surface area contributed by atoms with Gasteiger partial charge in [0.05, 0.1) is 11.9 Å². The number of aromatic nitrogens is 5. The molecule has 0 bridgehead atoms. The second-order valence-corrected chi connectivity index (χ2v) is 5.26. The number of aryl methyl sites for hydroxylation is 1. The summed E-state index contributed by atoms with van der Waals surface area (Å²) >= 11 is 0. The summed E-state index contributed by atoms with van der Waals surface area (Å²) in [5.74, 6) is -0.326. The molecule has 23 heavy (non-hydrogen) atoms. The Hall–Kier alpha value is -2.54. The van der Waals surface area contributed by atoms with Gasteiger partial charge in [0.25, 0.3) is 0 Å². The first-order valence-electron chi connectivity index (χ1n) is 7.59. The molecule has 3 rings (SSSR count). The Morgan fingerprint density at radius 2 is 2.09 bits per heavy atom. The maximum absolute atomic E-state index is 13.7. The van der Waals surface area contributed by atoms with E-state index in [4.69, 9.17) is 5.11 Å². The summed E-state index contributed by atoms with van der Waals surface area (Å²) in [7, 11) is 0. The van der Waals surface area contributed by atoms with E-state index < -0.39 is 0 Å². The summed E-state index contributed by atoms with van der Waals surface area (Å²) in [5.41, 5.74) is 2.01. The molecule has 0 saturated heterocycles. The van der Waals surface area contributed by atoms with E-state index in [0.717, 1.165) is 31.5 Å². The molecule has 0 radical (unpaired) electrons. The van der Waals surface area contributed by atoms with Crippen molar-refractivity contribution in [2.24, 2.45) is 0 Å². The first-order chi connectivity index (χ1) is 11.3. The highest BCUT2D eigenvalue weighted by Gasteiger charge is 2.12. The van der Waals surface area contributed by atoms with Crippen LogP contribution in [0.2, 0.25) is 0 Å². The van der Waals surface area contributed by atoms with Crippen molar-refractivity contribution in [1.29, 1.82) is 0 Å². The van der Waals surface area contributed by atoms with Gasteiger partial charge in [0.2, 0.25) is 0 Å². The Bertz CT molecular complexity index is 754. The highest BCUT2D eigenvalue weighted by atomic mass is 19.1. The first-order valence-corrected chi connectivity index (χ1v) is 7.59. The van der Waals surface area contributed by atoms with Crippen LogP contribution in [0.3, 0.4) is 0 Å². The van der Waals surface area contributed by atoms with E-state index in [-0.39, 0.29) is 12.4 Å². The Balaban J connectivity index is 1.84. The molecule has 0 unspecified atom stereocenters. The number of hydrogen-bond donors (Lipinski definition) is 1. The SMILES string of the molecule is OCCCCCn1cc(-c2cc(F)ccc2-n2cccn2)nn1. The lowest BCUT2D eigenvalue weighted by Crippen LogP contribution is -1.99. The van der Waals surface area contributed by atoms with Crippen molar-refractivity contribution in [3.05, 3.63) is 48.7 Å². The van der Waals surface area contributed by atoms with Crippen LogP contribution in [0.25, 0.3) is 16.9 Å². The Morgan fingerprint density at radius 3 is 2.87 bits per heavy atom. The maximum Gasteiger partial charge on any atom is 0.124 e. The van der Waals surface area contributed by atoms with Crippen LogP contribution in [0.4, 0.5) is 4.39 Å². The zero-order valence-corrected chi connectivity index (χ0v) is 12.6. The Labute approximate surface area is 133 Å². The molecule has 0 fully saturated rings. The lowest BCUT2D eigenvalue weighted by Gasteiger charge is -2.07. The fourth-order valence-corrected chi connectivity index (χ4v) is 2.42. The van der Waals surface area contributed by atoms with Gasteiger partial charge in [0.1, 0.15) is 11.5 Å². The van der Waals surface area contributed by atoms with Crippen LogP contribution < -0.4 is 0 Å². The molecule has 2 heterocycles. The zero-order valence-electron chi connectivity index (χ0n) is 12.6. The van der Waals surface area contributed by atoms with Crippen molar-refractivity contribution in [1.82, 2.24) is 24.8 Å². The smallest absolute Gasteiger partial charge is 0.124 e. The highest BCUT2D eigenvalue weighted by molar-refractivity contribution is 5.69. The molecular formula is C16H18FN5O. The molecule has 0 aliphatic heterocycles. The predicted octanol–water partition coefficient (Wildman–Crippen LogP) is 2.43. The van der Waals surface area contributed by atoms with Crippen LogP contribution in [-0.4, -0.2) is 36.5 Å². The van der Waals surface area contributed by atoms with Gasteiger partial charge in [-0.05, 0) is 43.5 Å². The molecule has 120 valence electrons. The lowest BCUT2D eigenvalue weighted by molar-refractivity contribution is 0.281. The minimum absolute atomic E-state index is 0.207. The van der Waals surface area contributed by atoms with Crippen molar-refractivity contribution >= 4 is 0 Å². The number of hydrogen-bond acceptors (Lipinski definition) is 4. The predicted molar refractivity (Wildman–Crippen MR) is 83.5 cm³/mol. The van der Waals surface area contributed by atoms with Crippen LogP contribution in [0.15, 0.2) is 42.9 Å². The van der Waals surface area contributed by atoms with Gasteiger partial charge in [-0.3, -0.25) is 4.68 Å². The van der Waals surface area contributed by atoms with Gasteiger partial charge in [-0.1, -0.05) is 5.21 Å². The van der Waals surface area contributed by atoms with Gasteiger partial charge in [0, 0.05) is 31.1 Å². The number of aliphatic hydroxyl groups excluding tert-OH is 1. The van der Waals surface area contributed by atoms with Gasteiger partial charge in [0.15, 0.2) is 0 Å². The van der Waals surface area contributed by atoms with E-state index in [9.17, 15) is 4.39 Å². The summed E-state index contributed by atoms with van der Waals surface area (Å²) in [6.07, 6.45) is 7.92. The molecule has 1 aromatic carbocycles. The van der Waals surface area contributed by atoms with Gasteiger partial charge in [-0.15, -0.1) is 5.10 Å². The summed E-state index contributed by atoms with van der Waals surface area (Å²) in [5, 5.41) is 21.2. The largest absolute Gasteiger partial charge is 0.396 e. The summed E-state index contributed by atoms with van der Waals surface area (Å²) < 4.78 is 17.1. The van der Waals surface area contributed by atoms with Crippen LogP contribution in [0.1, 0.15) is 19.3 Å². The number of unbranched alkanes of at least 4 members (excludes halogenated alkanes) is 2. The number of nitrogens with zero attached hydrogens (tertiary/aromatic N) is 5. The van der Waals surface area contributed by atoms with Crippen LogP contribution in [0, 0.1) is 5.82 Å². The third-order valence-electron chi connectivity index (χ3n) is 3.57. The minimum atomic E-state index is -0.326. The molecule has 7 heteroatoms. The first kappa shape index (κ1) is 15.4. The van der Waals surface area contributed by atoms with E-state index >= 15 is 0 Å². The molecule has 1 N–H and O–H groups in total. The molecule has 2 aromatic heterocycles. The lowest BCUT2D eigenvalue weighted by atomic mass is 10.1. The second kappa shape index (κ2) is 7.15. The molecule has 0 saturated carbocycles. The van der Waals surface area contributed by atoms with Crippen LogP contribution >= 0.6 is 0 Å². The van der Waals surface area contributed by atoms with E-state index in [1.165, 1.54) is 12.1 Å². The monoisotopic (exact) mass is 315 g/mol. The fourth-order valence-electron chi connectivity index (χ4n) is 2.42. The standard InChI is InChI=1S/C16H18FN5O/c17-13-5-6-16(22-9-4-7-18-22)14(11-13)15-12-21(20-19-15)8-2-1-3-10-23/h4-7,9,11-12,23H,1-3,8,10H2. The molecule has 3 aromatic rings. The summed E-state index contributed by atoms with van der Waals surface area (Å²) in [4.78, 5) is 0. The van der Waals surface area contributed by atoms with Crippen LogP contribution in [0.5, 0.6) is 0 Å². The normalized spacial score (nSPS) is 11.0. The van der Waals surface area contributed by atoms with Gasteiger partial charge in [-0.25, -0.2) is 9.07 Å². The molecule has 0 amide bonds. The minimum Gasteiger partial charge on any atom is -0.396 e. The quantitative estimate of drug-likeness (QED) is 0.680. The van der Waals surface area contributed by atoms with Gasteiger partial charge < -0.3 is 5.11 Å².